The van der Waals surface area contributed by atoms with E-state index in [1.54, 1.807) is 0 Å². The molecule has 66 valence electrons. The van der Waals surface area contributed by atoms with E-state index in [1.807, 2.05) is 6.07 Å². The number of fused-ring (bicyclic) bond motifs is 3. The number of aromatic amines is 1. The molecule has 0 amide bonds. The average Bonchev–Trinajstić information content (AvgIpc) is 2.71. The molecule has 2 atom stereocenters. The van der Waals surface area contributed by atoms with Crippen molar-refractivity contribution < 1.29 is 8.78 Å². The Morgan fingerprint density at radius 1 is 1.62 bits per heavy atom. The molecule has 0 aromatic carbocycles. The van der Waals surface area contributed by atoms with Crippen LogP contribution < -0.4 is 0 Å². The molecule has 1 aromatic rings. The first kappa shape index (κ1) is 7.01. The van der Waals surface area contributed by atoms with Crippen LogP contribution in [0.3, 0.4) is 0 Å². The van der Waals surface area contributed by atoms with Gasteiger partial charge >= 0.3 is 0 Å². The highest BCUT2D eigenvalue weighted by molar-refractivity contribution is 5.48. The average molecular weight is 181 g/mol. The zero-order valence-corrected chi connectivity index (χ0v) is 6.51. The SMILES string of the molecule is N#Cc1n[nH]c2c1C1CC1C2(F)F. The minimum atomic E-state index is -2.79. The molecule has 1 fully saturated rings. The van der Waals surface area contributed by atoms with Crippen molar-refractivity contribution in [2.75, 3.05) is 0 Å². The fourth-order valence-corrected chi connectivity index (χ4v) is 2.15. The standard InChI is InChI=1S/C8H5F2N3/c9-8(10)4-1-3(4)6-5(2-11)12-13-7(6)8/h3-4H,1H2,(H,12,13). The van der Waals surface area contributed by atoms with Crippen molar-refractivity contribution >= 4 is 0 Å². The minimum absolute atomic E-state index is 0.126. The number of nitrogens with one attached hydrogen (secondary N) is 1. The van der Waals surface area contributed by atoms with E-state index in [0.29, 0.717) is 12.0 Å². The molecular formula is C8H5F2N3. The predicted molar refractivity (Wildman–Crippen MR) is 38.0 cm³/mol. The first-order valence-corrected chi connectivity index (χ1v) is 4.03. The Balaban J connectivity index is 2.26. The van der Waals surface area contributed by atoms with Gasteiger partial charge in [0.25, 0.3) is 5.92 Å². The largest absolute Gasteiger partial charge is 0.292 e. The molecule has 0 bridgehead atoms. The first-order chi connectivity index (χ1) is 6.16. The Morgan fingerprint density at radius 2 is 2.38 bits per heavy atom. The van der Waals surface area contributed by atoms with Gasteiger partial charge in [0.15, 0.2) is 5.69 Å². The molecule has 1 heterocycles. The highest BCUT2D eigenvalue weighted by atomic mass is 19.3. The molecule has 3 rings (SSSR count). The van der Waals surface area contributed by atoms with E-state index >= 15 is 0 Å². The number of aromatic nitrogens is 2. The van der Waals surface area contributed by atoms with Gasteiger partial charge in [-0.3, -0.25) is 5.10 Å². The van der Waals surface area contributed by atoms with Crippen molar-refractivity contribution in [2.45, 2.75) is 18.3 Å². The van der Waals surface area contributed by atoms with Gasteiger partial charge in [-0.25, -0.2) is 0 Å². The quantitative estimate of drug-likeness (QED) is 0.659. The second kappa shape index (κ2) is 1.74. The van der Waals surface area contributed by atoms with Crippen molar-refractivity contribution in [3.05, 3.63) is 17.0 Å². The third-order valence-corrected chi connectivity index (χ3v) is 2.87. The topological polar surface area (TPSA) is 52.5 Å². The number of rotatable bonds is 0. The van der Waals surface area contributed by atoms with Crippen LogP contribution >= 0.6 is 0 Å². The number of nitriles is 1. The molecule has 0 radical (unpaired) electrons. The predicted octanol–water partition coefficient (Wildman–Crippen LogP) is 1.49. The smallest absolute Gasteiger partial charge is 0.275 e. The van der Waals surface area contributed by atoms with Gasteiger partial charge in [0.2, 0.25) is 0 Å². The fourth-order valence-electron chi connectivity index (χ4n) is 2.15. The molecule has 3 nitrogen and oxygen atoms in total. The van der Waals surface area contributed by atoms with E-state index in [-0.39, 0.29) is 17.3 Å². The van der Waals surface area contributed by atoms with E-state index in [2.05, 4.69) is 10.2 Å². The maximum atomic E-state index is 13.3. The van der Waals surface area contributed by atoms with Gasteiger partial charge in [0.05, 0.1) is 0 Å². The van der Waals surface area contributed by atoms with E-state index in [4.69, 9.17) is 5.26 Å². The molecule has 1 aromatic heterocycles. The zero-order chi connectivity index (χ0) is 9.22. The third kappa shape index (κ3) is 0.612. The van der Waals surface area contributed by atoms with Crippen LogP contribution in [0.2, 0.25) is 0 Å². The normalized spacial score (nSPS) is 32.1. The Kier molecular flexibility index (Phi) is 0.938. The number of hydrogen-bond acceptors (Lipinski definition) is 2. The molecule has 0 saturated heterocycles. The van der Waals surface area contributed by atoms with Gasteiger partial charge in [-0.15, -0.1) is 0 Å². The Morgan fingerprint density at radius 3 is 3.08 bits per heavy atom. The summed E-state index contributed by atoms with van der Waals surface area (Å²) in [6.45, 7) is 0. The molecule has 0 spiro atoms. The van der Waals surface area contributed by atoms with Crippen LogP contribution in [0.5, 0.6) is 0 Å². The second-order valence-electron chi connectivity index (χ2n) is 3.54. The summed E-state index contributed by atoms with van der Waals surface area (Å²) in [5.41, 5.74) is 0.461. The summed E-state index contributed by atoms with van der Waals surface area (Å²) < 4.78 is 26.7. The number of halogens is 2. The lowest BCUT2D eigenvalue weighted by Crippen LogP contribution is -2.13. The van der Waals surface area contributed by atoms with Crippen LogP contribution in [-0.2, 0) is 5.92 Å². The lowest BCUT2D eigenvalue weighted by atomic mass is 10.1. The number of H-pyrrole nitrogens is 1. The summed E-state index contributed by atoms with van der Waals surface area (Å²) in [5.74, 6) is -3.50. The fraction of sp³-hybridized carbons (Fsp3) is 0.500. The van der Waals surface area contributed by atoms with Crippen molar-refractivity contribution in [1.82, 2.24) is 10.2 Å². The van der Waals surface area contributed by atoms with Crippen LogP contribution in [-0.4, -0.2) is 10.2 Å². The van der Waals surface area contributed by atoms with Crippen molar-refractivity contribution in [3.8, 4) is 6.07 Å². The Bertz CT molecular complexity index is 429. The highest BCUT2D eigenvalue weighted by Gasteiger charge is 2.65. The van der Waals surface area contributed by atoms with Crippen LogP contribution in [0, 0.1) is 17.2 Å². The van der Waals surface area contributed by atoms with Crippen molar-refractivity contribution in [1.29, 1.82) is 5.26 Å². The van der Waals surface area contributed by atoms with Gasteiger partial charge in [-0.05, 0) is 12.3 Å². The van der Waals surface area contributed by atoms with Gasteiger partial charge in [0, 0.05) is 11.5 Å². The Hall–Kier alpha value is -1.44. The second-order valence-corrected chi connectivity index (χ2v) is 3.54. The van der Waals surface area contributed by atoms with Crippen molar-refractivity contribution in [3.63, 3.8) is 0 Å². The van der Waals surface area contributed by atoms with Crippen LogP contribution in [0.4, 0.5) is 8.78 Å². The summed E-state index contributed by atoms with van der Waals surface area (Å²) in [4.78, 5) is 0. The monoisotopic (exact) mass is 181 g/mol. The van der Waals surface area contributed by atoms with Crippen molar-refractivity contribution in [2.24, 2.45) is 5.92 Å². The maximum Gasteiger partial charge on any atom is 0.292 e. The van der Waals surface area contributed by atoms with E-state index in [9.17, 15) is 8.78 Å². The molecule has 2 aliphatic carbocycles. The molecule has 0 aliphatic heterocycles. The third-order valence-electron chi connectivity index (χ3n) is 2.87. The summed E-state index contributed by atoms with van der Waals surface area (Å²) in [6, 6.07) is 1.83. The summed E-state index contributed by atoms with van der Waals surface area (Å²) in [7, 11) is 0. The molecule has 2 aliphatic rings. The van der Waals surface area contributed by atoms with Gasteiger partial charge in [-0.2, -0.15) is 19.1 Å². The van der Waals surface area contributed by atoms with E-state index in [1.165, 1.54) is 0 Å². The van der Waals surface area contributed by atoms with Crippen LogP contribution in [0.25, 0.3) is 0 Å². The van der Waals surface area contributed by atoms with Gasteiger partial charge in [0.1, 0.15) is 11.8 Å². The lowest BCUT2D eigenvalue weighted by molar-refractivity contribution is -0.0268. The molecule has 13 heavy (non-hydrogen) atoms. The minimum Gasteiger partial charge on any atom is -0.275 e. The lowest BCUT2D eigenvalue weighted by Gasteiger charge is -2.09. The van der Waals surface area contributed by atoms with Crippen LogP contribution in [0.1, 0.15) is 29.3 Å². The Labute approximate surface area is 72.4 Å². The number of hydrogen-bond donors (Lipinski definition) is 1. The molecular weight excluding hydrogens is 176 g/mol. The summed E-state index contributed by atoms with van der Waals surface area (Å²) in [6.07, 6.45) is 0.494. The van der Waals surface area contributed by atoms with Gasteiger partial charge in [-0.1, -0.05) is 0 Å². The van der Waals surface area contributed by atoms with Gasteiger partial charge < -0.3 is 0 Å². The molecule has 2 unspecified atom stereocenters. The zero-order valence-electron chi connectivity index (χ0n) is 6.51. The molecule has 1 saturated carbocycles. The number of alkyl halides is 2. The molecule has 1 N–H and O–H groups in total. The van der Waals surface area contributed by atoms with Crippen LogP contribution in [0.15, 0.2) is 0 Å². The molecule has 5 heteroatoms. The van der Waals surface area contributed by atoms with E-state index in [0.717, 1.165) is 0 Å². The summed E-state index contributed by atoms with van der Waals surface area (Å²) in [5, 5.41) is 14.4. The number of nitrogens with zero attached hydrogens (tertiary/aromatic N) is 2. The first-order valence-electron chi connectivity index (χ1n) is 4.03. The highest BCUT2D eigenvalue weighted by Crippen LogP contribution is 2.66. The van der Waals surface area contributed by atoms with E-state index < -0.39 is 11.8 Å². The maximum absolute atomic E-state index is 13.3. The summed E-state index contributed by atoms with van der Waals surface area (Å²) >= 11 is 0.